The molecule has 1 heterocycles. The van der Waals surface area contributed by atoms with Crippen LogP contribution in [-0.2, 0) is 4.74 Å². The van der Waals surface area contributed by atoms with Crippen LogP contribution in [-0.4, -0.2) is 36.6 Å². The van der Waals surface area contributed by atoms with Gasteiger partial charge in [0.1, 0.15) is 0 Å². The van der Waals surface area contributed by atoms with Gasteiger partial charge < -0.3 is 15.0 Å². The molecule has 5 nitrogen and oxygen atoms in total. The highest BCUT2D eigenvalue weighted by molar-refractivity contribution is 5.92. The van der Waals surface area contributed by atoms with Crippen molar-refractivity contribution in [2.24, 2.45) is 5.92 Å². The topological polar surface area (TPSA) is 58.6 Å². The number of hydrogen-bond acceptors (Lipinski definition) is 3. The quantitative estimate of drug-likeness (QED) is 0.866. The van der Waals surface area contributed by atoms with Crippen LogP contribution in [0.1, 0.15) is 43.5 Å². The molecule has 1 aromatic rings. The molecule has 1 fully saturated rings. The standard InChI is InChI=1S/C17H24N2O3/c1-3-11-22-16(20)14-6-8-15(9-7-14)18-17(21)19-10-4-5-13(2)12-19/h6-9,13H,3-5,10-12H2,1-2H3,(H,18,21)/t13-/m0/s1. The monoisotopic (exact) mass is 304 g/mol. The van der Waals surface area contributed by atoms with Crippen molar-refractivity contribution in [2.75, 3.05) is 25.0 Å². The summed E-state index contributed by atoms with van der Waals surface area (Å²) < 4.78 is 5.07. The Morgan fingerprint density at radius 1 is 1.32 bits per heavy atom. The summed E-state index contributed by atoms with van der Waals surface area (Å²) in [6.45, 7) is 6.14. The lowest BCUT2D eigenvalue weighted by molar-refractivity contribution is 0.0505. The van der Waals surface area contributed by atoms with Gasteiger partial charge in [-0.25, -0.2) is 9.59 Å². The number of urea groups is 1. The summed E-state index contributed by atoms with van der Waals surface area (Å²) in [5.74, 6) is 0.222. The molecule has 0 radical (unpaired) electrons. The number of anilines is 1. The molecule has 0 saturated carbocycles. The first-order chi connectivity index (χ1) is 10.6. The average molecular weight is 304 g/mol. The molecular weight excluding hydrogens is 280 g/mol. The maximum Gasteiger partial charge on any atom is 0.338 e. The number of ether oxygens (including phenoxy) is 1. The number of hydrogen-bond donors (Lipinski definition) is 1. The molecule has 1 aliphatic heterocycles. The van der Waals surface area contributed by atoms with E-state index in [1.165, 1.54) is 6.42 Å². The van der Waals surface area contributed by atoms with Crippen molar-refractivity contribution < 1.29 is 14.3 Å². The number of carbonyl (C=O) groups excluding carboxylic acids is 2. The molecule has 5 heteroatoms. The van der Waals surface area contributed by atoms with Crippen LogP contribution in [0.15, 0.2) is 24.3 Å². The van der Waals surface area contributed by atoms with Crippen LogP contribution in [0.2, 0.25) is 0 Å². The van der Waals surface area contributed by atoms with Crippen LogP contribution in [0, 0.1) is 5.92 Å². The van der Waals surface area contributed by atoms with Crippen LogP contribution in [0.4, 0.5) is 10.5 Å². The number of amides is 2. The molecule has 0 aliphatic carbocycles. The van der Waals surface area contributed by atoms with Crippen molar-refractivity contribution in [3.63, 3.8) is 0 Å². The molecule has 1 aliphatic rings. The summed E-state index contributed by atoms with van der Waals surface area (Å²) in [4.78, 5) is 25.7. The number of esters is 1. The molecule has 0 spiro atoms. The lowest BCUT2D eigenvalue weighted by atomic mass is 10.0. The van der Waals surface area contributed by atoms with E-state index in [9.17, 15) is 9.59 Å². The fraction of sp³-hybridized carbons (Fsp3) is 0.529. The lowest BCUT2D eigenvalue weighted by Crippen LogP contribution is -2.41. The van der Waals surface area contributed by atoms with Crippen LogP contribution in [0.3, 0.4) is 0 Å². The van der Waals surface area contributed by atoms with Crippen LogP contribution in [0.5, 0.6) is 0 Å². The number of benzene rings is 1. The molecule has 1 saturated heterocycles. The van der Waals surface area contributed by atoms with Crippen LogP contribution in [0.25, 0.3) is 0 Å². The van der Waals surface area contributed by atoms with Crippen molar-refractivity contribution in [3.05, 3.63) is 29.8 Å². The smallest absolute Gasteiger partial charge is 0.338 e. The molecule has 2 rings (SSSR count). The number of piperidine rings is 1. The summed E-state index contributed by atoms with van der Waals surface area (Å²) in [6, 6.07) is 6.73. The Kier molecular flexibility index (Phi) is 5.81. The highest BCUT2D eigenvalue weighted by Crippen LogP contribution is 2.17. The van der Waals surface area contributed by atoms with Gasteiger partial charge in [-0.05, 0) is 49.4 Å². The highest BCUT2D eigenvalue weighted by atomic mass is 16.5. The predicted molar refractivity (Wildman–Crippen MR) is 86.0 cm³/mol. The molecule has 120 valence electrons. The fourth-order valence-electron chi connectivity index (χ4n) is 2.54. The zero-order valence-electron chi connectivity index (χ0n) is 13.3. The SMILES string of the molecule is CCCOC(=O)c1ccc(NC(=O)N2CCC[C@H](C)C2)cc1. The minimum absolute atomic E-state index is 0.0761. The first-order valence-electron chi connectivity index (χ1n) is 7.93. The van der Waals surface area contributed by atoms with Crippen molar-refractivity contribution in [1.29, 1.82) is 0 Å². The summed E-state index contributed by atoms with van der Waals surface area (Å²) in [6.07, 6.45) is 3.03. The Balaban J connectivity index is 1.90. The Bertz CT molecular complexity index is 513. The molecule has 1 aromatic carbocycles. The minimum Gasteiger partial charge on any atom is -0.462 e. The minimum atomic E-state index is -0.329. The van der Waals surface area contributed by atoms with Gasteiger partial charge in [-0.1, -0.05) is 13.8 Å². The van der Waals surface area contributed by atoms with Crippen molar-refractivity contribution in [1.82, 2.24) is 4.90 Å². The highest BCUT2D eigenvalue weighted by Gasteiger charge is 2.20. The van der Waals surface area contributed by atoms with Crippen molar-refractivity contribution in [2.45, 2.75) is 33.1 Å². The van der Waals surface area contributed by atoms with E-state index in [2.05, 4.69) is 12.2 Å². The molecule has 1 atom stereocenters. The predicted octanol–water partition coefficient (Wildman–Crippen LogP) is 3.52. The van der Waals surface area contributed by atoms with Gasteiger partial charge >= 0.3 is 12.0 Å². The zero-order chi connectivity index (χ0) is 15.9. The van der Waals surface area contributed by atoms with Gasteiger partial charge in [-0.15, -0.1) is 0 Å². The normalized spacial score (nSPS) is 17.9. The number of rotatable bonds is 4. The fourth-order valence-corrected chi connectivity index (χ4v) is 2.54. The Morgan fingerprint density at radius 2 is 2.05 bits per heavy atom. The molecule has 0 aromatic heterocycles. The van der Waals surface area contributed by atoms with Gasteiger partial charge in [-0.2, -0.15) is 0 Å². The summed E-state index contributed by atoms with van der Waals surface area (Å²) in [5.41, 5.74) is 1.19. The first-order valence-corrected chi connectivity index (χ1v) is 7.93. The van der Waals surface area contributed by atoms with Gasteiger partial charge in [0.15, 0.2) is 0 Å². The maximum atomic E-state index is 12.2. The van der Waals surface area contributed by atoms with E-state index in [1.54, 1.807) is 24.3 Å². The summed E-state index contributed by atoms with van der Waals surface area (Å²) >= 11 is 0. The third-order valence-electron chi connectivity index (χ3n) is 3.75. The van der Waals surface area contributed by atoms with Gasteiger partial charge in [0.25, 0.3) is 0 Å². The molecule has 0 bridgehead atoms. The van der Waals surface area contributed by atoms with E-state index >= 15 is 0 Å². The average Bonchev–Trinajstić information content (AvgIpc) is 2.53. The van der Waals surface area contributed by atoms with Gasteiger partial charge in [0.2, 0.25) is 0 Å². The number of nitrogens with zero attached hydrogens (tertiary/aromatic N) is 1. The van der Waals surface area contributed by atoms with E-state index in [0.29, 0.717) is 23.8 Å². The van der Waals surface area contributed by atoms with Crippen molar-refractivity contribution >= 4 is 17.7 Å². The molecule has 22 heavy (non-hydrogen) atoms. The Labute approximate surface area is 131 Å². The molecule has 1 N–H and O–H groups in total. The van der Waals surface area contributed by atoms with Gasteiger partial charge in [-0.3, -0.25) is 0 Å². The maximum absolute atomic E-state index is 12.2. The molecular formula is C17H24N2O3. The van der Waals surface area contributed by atoms with E-state index < -0.39 is 0 Å². The van der Waals surface area contributed by atoms with Gasteiger partial charge in [0.05, 0.1) is 12.2 Å². The van der Waals surface area contributed by atoms with E-state index in [0.717, 1.165) is 25.9 Å². The van der Waals surface area contributed by atoms with E-state index in [-0.39, 0.29) is 12.0 Å². The largest absolute Gasteiger partial charge is 0.462 e. The zero-order valence-corrected chi connectivity index (χ0v) is 13.3. The molecule has 0 unspecified atom stereocenters. The second-order valence-electron chi connectivity index (χ2n) is 5.84. The third-order valence-corrected chi connectivity index (χ3v) is 3.75. The second-order valence-corrected chi connectivity index (χ2v) is 5.84. The van der Waals surface area contributed by atoms with E-state index in [1.807, 2.05) is 11.8 Å². The lowest BCUT2D eigenvalue weighted by Gasteiger charge is -2.30. The number of likely N-dealkylation sites (tertiary alicyclic amines) is 1. The Hall–Kier alpha value is -2.04. The number of carbonyl (C=O) groups is 2. The van der Waals surface area contributed by atoms with Crippen LogP contribution < -0.4 is 5.32 Å². The molecule has 2 amide bonds. The third kappa shape index (κ3) is 4.48. The summed E-state index contributed by atoms with van der Waals surface area (Å²) in [5, 5.41) is 2.88. The Morgan fingerprint density at radius 3 is 2.68 bits per heavy atom. The first kappa shape index (κ1) is 16.3. The second kappa shape index (κ2) is 7.82. The van der Waals surface area contributed by atoms with Crippen molar-refractivity contribution in [3.8, 4) is 0 Å². The van der Waals surface area contributed by atoms with Crippen LogP contribution >= 0.6 is 0 Å². The van der Waals surface area contributed by atoms with E-state index in [4.69, 9.17) is 4.74 Å². The summed E-state index contributed by atoms with van der Waals surface area (Å²) in [7, 11) is 0. The number of nitrogens with one attached hydrogen (secondary N) is 1. The van der Waals surface area contributed by atoms with Gasteiger partial charge in [0, 0.05) is 18.8 Å².